The van der Waals surface area contributed by atoms with Gasteiger partial charge in [-0.05, 0) is 48.9 Å². The van der Waals surface area contributed by atoms with Crippen LogP contribution in [-0.2, 0) is 5.60 Å². The molecule has 0 amide bonds. The fraction of sp³-hybridized carbons (Fsp3) is 0.235. The highest BCUT2D eigenvalue weighted by atomic mass is 19.4. The summed E-state index contributed by atoms with van der Waals surface area (Å²) in [4.78, 5) is 4.00. The van der Waals surface area contributed by atoms with E-state index >= 15 is 0 Å². The first-order chi connectivity index (χ1) is 12.0. The molecule has 0 fully saturated rings. The van der Waals surface area contributed by atoms with E-state index in [2.05, 4.69) is 15.0 Å². The second-order valence-electron chi connectivity index (χ2n) is 5.68. The number of hydrogen-bond acceptors (Lipinski definition) is 3. The third kappa shape index (κ3) is 5.92. The van der Waals surface area contributed by atoms with Gasteiger partial charge in [-0.25, -0.2) is 9.38 Å². The van der Waals surface area contributed by atoms with E-state index in [9.17, 15) is 22.7 Å². The average molecular weight is 371 g/mol. The molecule has 26 heavy (non-hydrogen) atoms. The van der Waals surface area contributed by atoms with Gasteiger partial charge in [0.25, 0.3) is 0 Å². The molecule has 0 saturated heterocycles. The van der Waals surface area contributed by atoms with E-state index in [0.29, 0.717) is 11.3 Å². The van der Waals surface area contributed by atoms with Crippen molar-refractivity contribution in [2.24, 2.45) is 10.7 Å². The molecule has 0 aromatic heterocycles. The van der Waals surface area contributed by atoms with Gasteiger partial charge in [0.2, 0.25) is 0 Å². The van der Waals surface area contributed by atoms with Crippen molar-refractivity contribution in [1.82, 2.24) is 0 Å². The molecule has 0 spiro atoms. The Kier molecular flexibility index (Phi) is 5.71. The first kappa shape index (κ1) is 19.5. The number of benzene rings is 2. The van der Waals surface area contributed by atoms with E-state index in [1.54, 1.807) is 0 Å². The molecule has 0 aliphatic rings. The molecule has 1 unspecified atom stereocenters. The molecule has 4 N–H and O–H groups in total. The van der Waals surface area contributed by atoms with Crippen molar-refractivity contribution in [3.8, 4) is 5.75 Å². The molecule has 2 rings (SSSR count). The summed E-state index contributed by atoms with van der Waals surface area (Å²) in [6.45, 7) is 1.40. The Morgan fingerprint density at radius 2 is 1.69 bits per heavy atom. The van der Waals surface area contributed by atoms with Gasteiger partial charge in [0, 0.05) is 5.69 Å². The Morgan fingerprint density at radius 3 is 2.23 bits per heavy atom. The van der Waals surface area contributed by atoms with E-state index in [1.807, 2.05) is 0 Å². The Morgan fingerprint density at radius 1 is 1.12 bits per heavy atom. The van der Waals surface area contributed by atoms with Crippen molar-refractivity contribution in [2.75, 3.05) is 11.9 Å². The molecular weight excluding hydrogens is 354 g/mol. The predicted molar refractivity (Wildman–Crippen MR) is 89.2 cm³/mol. The predicted octanol–water partition coefficient (Wildman–Crippen LogP) is 3.36. The molecule has 0 saturated carbocycles. The number of guanidine groups is 1. The number of nitrogens with zero attached hydrogens (tertiary/aromatic N) is 1. The van der Waals surface area contributed by atoms with Crippen molar-refractivity contribution in [3.63, 3.8) is 0 Å². The van der Waals surface area contributed by atoms with Crippen molar-refractivity contribution < 1.29 is 27.4 Å². The van der Waals surface area contributed by atoms with Gasteiger partial charge in [0.05, 0.1) is 6.54 Å². The molecule has 0 heterocycles. The van der Waals surface area contributed by atoms with Crippen molar-refractivity contribution >= 4 is 11.6 Å². The Labute approximate surface area is 147 Å². The number of nitrogens with two attached hydrogens (primary N) is 1. The topological polar surface area (TPSA) is 79.9 Å². The van der Waals surface area contributed by atoms with Gasteiger partial charge in [0.1, 0.15) is 17.2 Å². The molecule has 0 radical (unpaired) electrons. The van der Waals surface area contributed by atoms with Gasteiger partial charge < -0.3 is 20.9 Å². The number of nitrogens with one attached hydrogen (secondary N) is 1. The highest BCUT2D eigenvalue weighted by Gasteiger charge is 2.31. The smallest absolute Gasteiger partial charge is 0.406 e. The minimum absolute atomic E-state index is 0.0446. The minimum atomic E-state index is -4.76. The number of aliphatic imine (C=N–C) groups is 1. The quantitative estimate of drug-likeness (QED) is 0.428. The fourth-order valence-corrected chi connectivity index (χ4v) is 2.07. The Bertz CT molecular complexity index is 757. The zero-order valence-corrected chi connectivity index (χ0v) is 13.7. The zero-order chi connectivity index (χ0) is 19.4. The summed E-state index contributed by atoms with van der Waals surface area (Å²) >= 11 is 0. The summed E-state index contributed by atoms with van der Waals surface area (Å²) in [6.07, 6.45) is -4.76. The molecule has 2 aromatic rings. The number of halogens is 4. The lowest BCUT2D eigenvalue weighted by Gasteiger charge is -2.22. The lowest BCUT2D eigenvalue weighted by molar-refractivity contribution is -0.274. The van der Waals surface area contributed by atoms with Crippen LogP contribution in [0.4, 0.5) is 23.2 Å². The summed E-state index contributed by atoms with van der Waals surface area (Å²) in [7, 11) is 0. The lowest BCUT2D eigenvalue weighted by Crippen LogP contribution is -2.29. The molecule has 140 valence electrons. The van der Waals surface area contributed by atoms with E-state index < -0.39 is 17.8 Å². The SMILES string of the molecule is CC(O)(CN=C(N)Nc1ccc(OC(F)(F)F)cc1)c1ccc(F)cc1. The van der Waals surface area contributed by atoms with Crippen LogP contribution in [0.2, 0.25) is 0 Å². The van der Waals surface area contributed by atoms with Crippen LogP contribution in [-0.4, -0.2) is 24.0 Å². The monoisotopic (exact) mass is 371 g/mol. The van der Waals surface area contributed by atoms with Crippen LogP contribution in [0.5, 0.6) is 5.75 Å². The van der Waals surface area contributed by atoms with E-state index in [0.717, 1.165) is 12.1 Å². The van der Waals surface area contributed by atoms with Gasteiger partial charge in [-0.15, -0.1) is 13.2 Å². The van der Waals surface area contributed by atoms with Crippen molar-refractivity contribution in [1.29, 1.82) is 0 Å². The molecule has 5 nitrogen and oxygen atoms in total. The van der Waals surface area contributed by atoms with Crippen LogP contribution in [0.1, 0.15) is 12.5 Å². The van der Waals surface area contributed by atoms with Crippen LogP contribution in [0.25, 0.3) is 0 Å². The normalized spacial score (nSPS) is 14.6. The molecular formula is C17H17F4N3O2. The molecule has 0 aliphatic heterocycles. The summed E-state index contributed by atoms with van der Waals surface area (Å²) < 4.78 is 53.0. The standard InChI is InChI=1S/C17H17F4N3O2/c1-16(25,11-2-4-12(18)5-3-11)10-23-15(22)24-13-6-8-14(9-7-13)26-17(19,20)21/h2-9,25H,10H2,1H3,(H3,22,23,24). The highest BCUT2D eigenvalue weighted by Crippen LogP contribution is 2.24. The number of anilines is 1. The van der Waals surface area contributed by atoms with Gasteiger partial charge >= 0.3 is 6.36 Å². The fourth-order valence-electron chi connectivity index (χ4n) is 2.07. The van der Waals surface area contributed by atoms with E-state index in [1.165, 1.54) is 43.3 Å². The summed E-state index contributed by atoms with van der Waals surface area (Å²) in [6, 6.07) is 10.2. The number of rotatable bonds is 5. The summed E-state index contributed by atoms with van der Waals surface area (Å²) in [5, 5.41) is 13.1. The van der Waals surface area contributed by atoms with Gasteiger partial charge in [-0.2, -0.15) is 0 Å². The maximum atomic E-state index is 12.9. The van der Waals surface area contributed by atoms with Gasteiger partial charge in [-0.1, -0.05) is 12.1 Å². The average Bonchev–Trinajstić information content (AvgIpc) is 2.54. The first-order valence-electron chi connectivity index (χ1n) is 7.46. The van der Waals surface area contributed by atoms with Crippen LogP contribution >= 0.6 is 0 Å². The van der Waals surface area contributed by atoms with Crippen molar-refractivity contribution in [3.05, 3.63) is 59.9 Å². The van der Waals surface area contributed by atoms with Gasteiger partial charge in [0.15, 0.2) is 5.96 Å². The minimum Gasteiger partial charge on any atom is -0.406 e. The second kappa shape index (κ2) is 7.61. The highest BCUT2D eigenvalue weighted by molar-refractivity contribution is 5.92. The van der Waals surface area contributed by atoms with Crippen LogP contribution in [0.15, 0.2) is 53.5 Å². The first-order valence-corrected chi connectivity index (χ1v) is 7.46. The number of ether oxygens (including phenoxy) is 1. The summed E-state index contributed by atoms with van der Waals surface area (Å²) in [5.74, 6) is -0.832. The second-order valence-corrected chi connectivity index (χ2v) is 5.68. The lowest BCUT2D eigenvalue weighted by atomic mass is 9.96. The molecule has 1 atom stereocenters. The largest absolute Gasteiger partial charge is 0.573 e. The van der Waals surface area contributed by atoms with E-state index in [4.69, 9.17) is 5.73 Å². The van der Waals surface area contributed by atoms with Gasteiger partial charge in [-0.3, -0.25) is 0 Å². The Balaban J connectivity index is 1.98. The molecule has 0 bridgehead atoms. The van der Waals surface area contributed by atoms with Crippen molar-refractivity contribution in [2.45, 2.75) is 18.9 Å². The van der Waals surface area contributed by atoms with E-state index in [-0.39, 0.29) is 18.3 Å². The maximum Gasteiger partial charge on any atom is 0.573 e. The summed E-state index contributed by atoms with van der Waals surface area (Å²) in [5.41, 5.74) is 5.19. The van der Waals surface area contributed by atoms with Crippen LogP contribution < -0.4 is 15.8 Å². The Hall–Kier alpha value is -2.81. The maximum absolute atomic E-state index is 12.9. The number of hydrogen-bond donors (Lipinski definition) is 3. The zero-order valence-electron chi connectivity index (χ0n) is 13.7. The third-order valence-corrected chi connectivity index (χ3v) is 3.38. The molecule has 0 aliphatic carbocycles. The molecule has 2 aromatic carbocycles. The number of aliphatic hydroxyl groups is 1. The third-order valence-electron chi connectivity index (χ3n) is 3.38. The van der Waals surface area contributed by atoms with Crippen LogP contribution in [0.3, 0.4) is 0 Å². The molecule has 9 heteroatoms. The van der Waals surface area contributed by atoms with Crippen LogP contribution in [0, 0.1) is 5.82 Å². The number of alkyl halides is 3.